The fourth-order valence-electron chi connectivity index (χ4n) is 4.90. The predicted molar refractivity (Wildman–Crippen MR) is 98.7 cm³/mol. The van der Waals surface area contributed by atoms with Gasteiger partial charge >= 0.3 is 0 Å². The molecule has 4 heteroatoms. The van der Waals surface area contributed by atoms with Crippen LogP contribution in [0.4, 0.5) is 0 Å². The van der Waals surface area contributed by atoms with E-state index in [1.54, 1.807) is 0 Å². The molecule has 4 nitrogen and oxygen atoms in total. The summed E-state index contributed by atoms with van der Waals surface area (Å²) in [7, 11) is 1.93. The molecule has 3 atom stereocenters. The molecule has 0 saturated carbocycles. The van der Waals surface area contributed by atoms with E-state index in [1.807, 2.05) is 7.05 Å². The van der Waals surface area contributed by atoms with Gasteiger partial charge in [-0.1, -0.05) is 33.6 Å². The van der Waals surface area contributed by atoms with Gasteiger partial charge < -0.3 is 21.3 Å². The summed E-state index contributed by atoms with van der Waals surface area (Å²) in [5, 5.41) is 6.70. The van der Waals surface area contributed by atoms with Crippen LogP contribution in [-0.4, -0.2) is 36.1 Å². The second-order valence-electron chi connectivity index (χ2n) is 8.22. The molecule has 0 spiro atoms. The van der Waals surface area contributed by atoms with Gasteiger partial charge in [0.25, 0.3) is 0 Å². The maximum Gasteiger partial charge on any atom is 0.0735 e. The van der Waals surface area contributed by atoms with Gasteiger partial charge in [-0.3, -0.25) is 0 Å². The van der Waals surface area contributed by atoms with Gasteiger partial charge in [0.2, 0.25) is 0 Å². The van der Waals surface area contributed by atoms with E-state index in [-0.39, 0.29) is 23.0 Å². The minimum Gasteiger partial charge on any atom is -0.401 e. The van der Waals surface area contributed by atoms with Crippen molar-refractivity contribution < 1.29 is 0 Å². The third-order valence-electron chi connectivity index (χ3n) is 5.46. The molecule has 0 bridgehead atoms. The van der Waals surface area contributed by atoms with E-state index in [0.717, 1.165) is 42.9 Å². The molecule has 0 aliphatic carbocycles. The van der Waals surface area contributed by atoms with Crippen LogP contribution >= 0.6 is 0 Å². The average Bonchev–Trinajstić information content (AvgIpc) is 2.56. The minimum absolute atomic E-state index is 0.105. The number of hydrogen-bond donors (Lipinski definition) is 3. The summed E-state index contributed by atoms with van der Waals surface area (Å²) >= 11 is 0. The van der Waals surface area contributed by atoms with Gasteiger partial charge in [0.1, 0.15) is 0 Å². The number of nitrogens with zero attached hydrogens (tertiary/aromatic N) is 1. The zero-order valence-electron chi connectivity index (χ0n) is 15.3. The molecule has 2 unspecified atom stereocenters. The lowest BCUT2D eigenvalue weighted by Gasteiger charge is -2.43. The molecule has 0 aromatic rings. The number of fused-ring (bicyclic) bond motifs is 1. The smallest absolute Gasteiger partial charge is 0.0735 e. The molecule has 0 aromatic heterocycles. The first-order chi connectivity index (χ1) is 10.6. The molecule has 0 radical (unpaired) electrons. The van der Waals surface area contributed by atoms with Crippen molar-refractivity contribution in [1.82, 2.24) is 15.5 Å². The number of nitrogens with two attached hydrogens (primary N) is 1. The highest BCUT2D eigenvalue weighted by Crippen LogP contribution is 2.53. The monoisotopic (exact) mass is 318 g/mol. The van der Waals surface area contributed by atoms with Gasteiger partial charge in [-0.15, -0.1) is 0 Å². The highest BCUT2D eigenvalue weighted by atomic mass is 15.3. The Hall–Kier alpha value is -1.42. The van der Waals surface area contributed by atoms with Crippen LogP contribution in [0.2, 0.25) is 0 Å². The molecule has 2 fully saturated rings. The van der Waals surface area contributed by atoms with Gasteiger partial charge in [0.05, 0.1) is 12.1 Å². The van der Waals surface area contributed by atoms with E-state index in [9.17, 15) is 0 Å². The van der Waals surface area contributed by atoms with E-state index >= 15 is 0 Å². The molecule has 0 aromatic carbocycles. The van der Waals surface area contributed by atoms with Crippen LogP contribution in [0.1, 0.15) is 46.5 Å². The Morgan fingerprint density at radius 1 is 1.35 bits per heavy atom. The van der Waals surface area contributed by atoms with Gasteiger partial charge in [0.15, 0.2) is 0 Å². The molecule has 2 rings (SSSR count). The highest BCUT2D eigenvalue weighted by Gasteiger charge is 2.55. The van der Waals surface area contributed by atoms with Crippen molar-refractivity contribution in [3.05, 3.63) is 36.8 Å². The van der Waals surface area contributed by atoms with Gasteiger partial charge in [-0.25, -0.2) is 0 Å². The molecule has 4 N–H and O–H groups in total. The Morgan fingerprint density at radius 2 is 2.00 bits per heavy atom. The molecular weight excluding hydrogens is 284 g/mol. The van der Waals surface area contributed by atoms with E-state index < -0.39 is 0 Å². The molecular formula is C19H34N4. The van der Waals surface area contributed by atoms with Crippen molar-refractivity contribution >= 4 is 0 Å². The Labute approximate surface area is 141 Å². The fourth-order valence-corrected chi connectivity index (χ4v) is 4.90. The zero-order chi connectivity index (χ0) is 17.4. The van der Waals surface area contributed by atoms with E-state index in [1.165, 1.54) is 6.42 Å². The minimum atomic E-state index is 0.105. The first-order valence-electron chi connectivity index (χ1n) is 8.64. The predicted octanol–water partition coefficient (Wildman–Crippen LogP) is 2.71. The van der Waals surface area contributed by atoms with Crippen molar-refractivity contribution in [2.45, 2.75) is 64.1 Å². The molecule has 0 amide bonds. The quantitative estimate of drug-likeness (QED) is 0.729. The third-order valence-corrected chi connectivity index (χ3v) is 5.46. The van der Waals surface area contributed by atoms with E-state index in [2.05, 4.69) is 56.0 Å². The lowest BCUT2D eigenvalue weighted by molar-refractivity contribution is 0.159. The summed E-state index contributed by atoms with van der Waals surface area (Å²) in [6.45, 7) is 20.4. The average molecular weight is 319 g/mol. The maximum atomic E-state index is 6.22. The highest BCUT2D eigenvalue weighted by molar-refractivity contribution is 5.27. The fraction of sp³-hybridized carbons (Fsp3) is 0.684. The first kappa shape index (κ1) is 17.9. The van der Waals surface area contributed by atoms with Crippen LogP contribution in [0.15, 0.2) is 36.8 Å². The Kier molecular flexibility index (Phi) is 4.86. The lowest BCUT2D eigenvalue weighted by Crippen LogP contribution is -2.50. The molecule has 130 valence electrons. The van der Waals surface area contributed by atoms with Gasteiger partial charge in [-0.2, -0.15) is 0 Å². The van der Waals surface area contributed by atoms with E-state index in [4.69, 9.17) is 5.73 Å². The largest absolute Gasteiger partial charge is 0.401 e. The van der Waals surface area contributed by atoms with Crippen LogP contribution in [0.25, 0.3) is 0 Å². The lowest BCUT2D eigenvalue weighted by atomic mass is 9.78. The molecule has 2 saturated heterocycles. The molecule has 2 aliphatic rings. The van der Waals surface area contributed by atoms with Gasteiger partial charge in [-0.05, 0) is 45.1 Å². The number of hydrogen-bond acceptors (Lipinski definition) is 4. The SMILES string of the molecule is C=C(CNC)NC1CCC[C@@]2(C)CC(C)(C)C(C(=C)N)N2C1=C. The van der Waals surface area contributed by atoms with Crippen LogP contribution in [0.5, 0.6) is 0 Å². The second kappa shape index (κ2) is 6.23. The summed E-state index contributed by atoms with van der Waals surface area (Å²) < 4.78 is 0. The Morgan fingerprint density at radius 3 is 2.57 bits per heavy atom. The van der Waals surface area contributed by atoms with Crippen molar-refractivity contribution in [2.24, 2.45) is 11.1 Å². The summed E-state index contributed by atoms with van der Waals surface area (Å²) in [6.07, 6.45) is 4.54. The summed E-state index contributed by atoms with van der Waals surface area (Å²) in [5.74, 6) is 0. The Bertz CT molecular complexity index is 507. The normalized spacial score (nSPS) is 33.0. The molecule has 2 aliphatic heterocycles. The van der Waals surface area contributed by atoms with Crippen LogP contribution in [0, 0.1) is 5.41 Å². The topological polar surface area (TPSA) is 53.3 Å². The van der Waals surface area contributed by atoms with Crippen molar-refractivity contribution in [2.75, 3.05) is 13.6 Å². The number of nitrogens with one attached hydrogen (secondary N) is 2. The van der Waals surface area contributed by atoms with Crippen LogP contribution < -0.4 is 16.4 Å². The summed E-state index contributed by atoms with van der Waals surface area (Å²) in [6, 6.07) is 0.355. The molecule has 2 heterocycles. The van der Waals surface area contributed by atoms with E-state index in [0.29, 0.717) is 0 Å². The van der Waals surface area contributed by atoms with Crippen molar-refractivity contribution in [1.29, 1.82) is 0 Å². The number of rotatable bonds is 5. The van der Waals surface area contributed by atoms with Crippen molar-refractivity contribution in [3.8, 4) is 0 Å². The summed E-state index contributed by atoms with van der Waals surface area (Å²) in [4.78, 5) is 2.46. The number of likely N-dealkylation sites (N-methyl/N-ethyl adjacent to an activating group) is 1. The zero-order valence-corrected chi connectivity index (χ0v) is 15.3. The van der Waals surface area contributed by atoms with Crippen molar-refractivity contribution in [3.63, 3.8) is 0 Å². The standard InChI is InChI=1S/C19H34N4/c1-13(11-21-7)22-16-9-8-10-19(6)12-18(4,5)17(14(2)20)23(19)15(16)3/h16-17,21-22H,1-3,8-12,20H2,4-7H3/t16?,17?,19-/m0/s1. The Balaban J connectivity index is 2.32. The molecule has 23 heavy (non-hydrogen) atoms. The third kappa shape index (κ3) is 3.27. The van der Waals surface area contributed by atoms with Crippen LogP contribution in [-0.2, 0) is 0 Å². The van der Waals surface area contributed by atoms with Crippen LogP contribution in [0.3, 0.4) is 0 Å². The second-order valence-corrected chi connectivity index (χ2v) is 8.22. The summed E-state index contributed by atoms with van der Waals surface area (Å²) in [5.41, 5.74) is 9.31. The van der Waals surface area contributed by atoms with Gasteiger partial charge in [0, 0.05) is 29.2 Å². The first-order valence-corrected chi connectivity index (χ1v) is 8.64. The maximum absolute atomic E-state index is 6.22.